The van der Waals surface area contributed by atoms with Crippen LogP contribution in [0.15, 0.2) is 30.3 Å². The molecular weight excluding hydrogens is 236 g/mol. The molecule has 1 aliphatic heterocycles. The van der Waals surface area contributed by atoms with Crippen LogP contribution < -0.4 is 5.32 Å². The molecular formula is C16H22N2O. The Balaban J connectivity index is 1.61. The van der Waals surface area contributed by atoms with Gasteiger partial charge in [-0.1, -0.05) is 37.3 Å². The molecule has 3 heteroatoms. The van der Waals surface area contributed by atoms with E-state index in [4.69, 9.17) is 0 Å². The minimum absolute atomic E-state index is 0.0192. The fourth-order valence-electron chi connectivity index (χ4n) is 2.98. The number of rotatable bonds is 5. The first-order valence-electron chi connectivity index (χ1n) is 7.41. The number of nitrogens with zero attached hydrogens (tertiary/aromatic N) is 1. The summed E-state index contributed by atoms with van der Waals surface area (Å²) in [5.41, 5.74) is 1.31. The summed E-state index contributed by atoms with van der Waals surface area (Å²) in [4.78, 5) is 14.5. The molecule has 1 saturated heterocycles. The van der Waals surface area contributed by atoms with Crippen molar-refractivity contribution in [2.45, 2.75) is 57.3 Å². The molecule has 2 atom stereocenters. The van der Waals surface area contributed by atoms with E-state index in [2.05, 4.69) is 41.4 Å². The highest BCUT2D eigenvalue weighted by Gasteiger charge is 2.44. The Kier molecular flexibility index (Phi) is 3.56. The third kappa shape index (κ3) is 2.66. The van der Waals surface area contributed by atoms with E-state index >= 15 is 0 Å². The molecule has 0 aromatic heterocycles. The number of carbonyl (C=O) groups is 1. The Hall–Kier alpha value is -1.35. The molecule has 3 nitrogen and oxygen atoms in total. The molecule has 1 aliphatic carbocycles. The second-order valence-electron chi connectivity index (χ2n) is 5.64. The van der Waals surface area contributed by atoms with Crippen molar-refractivity contribution in [2.75, 3.05) is 0 Å². The molecule has 2 aliphatic rings. The van der Waals surface area contributed by atoms with Crippen LogP contribution in [0, 0.1) is 0 Å². The maximum Gasteiger partial charge on any atom is 0.241 e. The molecule has 1 amide bonds. The molecule has 1 saturated carbocycles. The lowest BCUT2D eigenvalue weighted by molar-refractivity contribution is -0.130. The zero-order valence-corrected chi connectivity index (χ0v) is 11.5. The van der Waals surface area contributed by atoms with Gasteiger partial charge in [0.05, 0.1) is 12.2 Å². The van der Waals surface area contributed by atoms with Crippen LogP contribution in [0.5, 0.6) is 0 Å². The summed E-state index contributed by atoms with van der Waals surface area (Å²) in [5.74, 6) is 0.324. The SMILES string of the molecule is CCC1NC(CCc2ccccc2)C(=O)N1C1CC1. The molecule has 0 radical (unpaired) electrons. The predicted molar refractivity (Wildman–Crippen MR) is 75.6 cm³/mol. The molecule has 0 spiro atoms. The second kappa shape index (κ2) is 5.33. The number of aryl methyl sites for hydroxylation is 1. The minimum Gasteiger partial charge on any atom is -0.323 e. The van der Waals surface area contributed by atoms with Gasteiger partial charge in [0.1, 0.15) is 0 Å². The molecule has 1 aromatic carbocycles. The van der Waals surface area contributed by atoms with E-state index in [-0.39, 0.29) is 12.2 Å². The first-order valence-corrected chi connectivity index (χ1v) is 7.41. The number of hydrogen-bond donors (Lipinski definition) is 1. The van der Waals surface area contributed by atoms with Crippen molar-refractivity contribution in [3.8, 4) is 0 Å². The Morgan fingerprint density at radius 3 is 2.63 bits per heavy atom. The summed E-state index contributed by atoms with van der Waals surface area (Å²) in [6.45, 7) is 2.15. The number of nitrogens with one attached hydrogen (secondary N) is 1. The molecule has 102 valence electrons. The van der Waals surface area contributed by atoms with Gasteiger partial charge < -0.3 is 4.90 Å². The summed E-state index contributed by atoms with van der Waals surface area (Å²) in [6, 6.07) is 11.0. The standard InChI is InChI=1S/C16H22N2O/c1-2-15-17-14(16(19)18(15)13-9-10-13)11-8-12-6-4-3-5-7-12/h3-7,13-15,17H,2,8-11H2,1H3. The maximum atomic E-state index is 12.4. The Morgan fingerprint density at radius 2 is 2.00 bits per heavy atom. The number of benzene rings is 1. The molecule has 19 heavy (non-hydrogen) atoms. The normalized spacial score (nSPS) is 27.0. The van der Waals surface area contributed by atoms with Gasteiger partial charge >= 0.3 is 0 Å². The average molecular weight is 258 g/mol. The summed E-state index contributed by atoms with van der Waals surface area (Å²) in [6.07, 6.45) is 5.53. The van der Waals surface area contributed by atoms with Crippen LogP contribution in [0.25, 0.3) is 0 Å². The van der Waals surface area contributed by atoms with Gasteiger partial charge in [-0.05, 0) is 37.7 Å². The molecule has 1 heterocycles. The van der Waals surface area contributed by atoms with Crippen molar-refractivity contribution in [3.63, 3.8) is 0 Å². The zero-order valence-electron chi connectivity index (χ0n) is 11.5. The molecule has 2 fully saturated rings. The average Bonchev–Trinajstić information content (AvgIpc) is 3.22. The number of amides is 1. The molecule has 3 rings (SSSR count). The highest BCUT2D eigenvalue weighted by Crippen LogP contribution is 2.32. The van der Waals surface area contributed by atoms with Crippen molar-refractivity contribution >= 4 is 5.91 Å². The highest BCUT2D eigenvalue weighted by atomic mass is 16.2. The Morgan fingerprint density at radius 1 is 1.26 bits per heavy atom. The monoisotopic (exact) mass is 258 g/mol. The number of hydrogen-bond acceptors (Lipinski definition) is 2. The quantitative estimate of drug-likeness (QED) is 0.879. The third-order valence-electron chi connectivity index (χ3n) is 4.17. The van der Waals surface area contributed by atoms with E-state index < -0.39 is 0 Å². The van der Waals surface area contributed by atoms with Crippen LogP contribution in [0.4, 0.5) is 0 Å². The Labute approximate surface area is 115 Å². The van der Waals surface area contributed by atoms with E-state index in [0.717, 1.165) is 19.3 Å². The smallest absolute Gasteiger partial charge is 0.241 e. The lowest BCUT2D eigenvalue weighted by atomic mass is 10.1. The molecule has 1 aromatic rings. The van der Waals surface area contributed by atoms with E-state index in [1.165, 1.54) is 18.4 Å². The molecule has 2 unspecified atom stereocenters. The minimum atomic E-state index is 0.0192. The van der Waals surface area contributed by atoms with Gasteiger partial charge in [0, 0.05) is 6.04 Å². The van der Waals surface area contributed by atoms with Gasteiger partial charge in [0.25, 0.3) is 0 Å². The van der Waals surface area contributed by atoms with E-state index in [1.807, 2.05) is 6.07 Å². The van der Waals surface area contributed by atoms with Crippen LogP contribution >= 0.6 is 0 Å². The third-order valence-corrected chi connectivity index (χ3v) is 4.17. The van der Waals surface area contributed by atoms with Crippen LogP contribution in [0.2, 0.25) is 0 Å². The van der Waals surface area contributed by atoms with Crippen LogP contribution in [0.1, 0.15) is 38.2 Å². The lowest BCUT2D eigenvalue weighted by Crippen LogP contribution is -2.38. The first-order chi connectivity index (χ1) is 9.29. The second-order valence-corrected chi connectivity index (χ2v) is 5.64. The fourth-order valence-corrected chi connectivity index (χ4v) is 2.98. The first kappa shape index (κ1) is 12.7. The van der Waals surface area contributed by atoms with Crippen molar-refractivity contribution in [1.29, 1.82) is 0 Å². The van der Waals surface area contributed by atoms with Gasteiger partial charge in [-0.2, -0.15) is 0 Å². The molecule has 1 N–H and O–H groups in total. The van der Waals surface area contributed by atoms with E-state index in [0.29, 0.717) is 11.9 Å². The van der Waals surface area contributed by atoms with Gasteiger partial charge in [-0.3, -0.25) is 10.1 Å². The van der Waals surface area contributed by atoms with E-state index in [1.54, 1.807) is 0 Å². The zero-order chi connectivity index (χ0) is 13.2. The van der Waals surface area contributed by atoms with Crippen molar-refractivity contribution in [3.05, 3.63) is 35.9 Å². The van der Waals surface area contributed by atoms with Gasteiger partial charge in [-0.25, -0.2) is 0 Å². The fraction of sp³-hybridized carbons (Fsp3) is 0.562. The van der Waals surface area contributed by atoms with Crippen molar-refractivity contribution in [1.82, 2.24) is 10.2 Å². The Bertz CT molecular complexity index is 441. The summed E-state index contributed by atoms with van der Waals surface area (Å²) in [7, 11) is 0. The summed E-state index contributed by atoms with van der Waals surface area (Å²) < 4.78 is 0. The summed E-state index contributed by atoms with van der Waals surface area (Å²) >= 11 is 0. The topological polar surface area (TPSA) is 32.3 Å². The van der Waals surface area contributed by atoms with Gasteiger partial charge in [0.15, 0.2) is 0 Å². The van der Waals surface area contributed by atoms with Crippen LogP contribution in [-0.4, -0.2) is 29.1 Å². The van der Waals surface area contributed by atoms with Crippen LogP contribution in [-0.2, 0) is 11.2 Å². The van der Waals surface area contributed by atoms with Crippen molar-refractivity contribution in [2.24, 2.45) is 0 Å². The van der Waals surface area contributed by atoms with Gasteiger partial charge in [0.2, 0.25) is 5.91 Å². The number of carbonyl (C=O) groups excluding carboxylic acids is 1. The predicted octanol–water partition coefficient (Wildman–Crippen LogP) is 2.32. The maximum absolute atomic E-state index is 12.4. The van der Waals surface area contributed by atoms with Gasteiger partial charge in [-0.15, -0.1) is 0 Å². The highest BCUT2D eigenvalue weighted by molar-refractivity contribution is 5.85. The largest absolute Gasteiger partial charge is 0.323 e. The molecule has 0 bridgehead atoms. The lowest BCUT2D eigenvalue weighted by Gasteiger charge is -2.22. The van der Waals surface area contributed by atoms with E-state index in [9.17, 15) is 4.79 Å². The van der Waals surface area contributed by atoms with Crippen LogP contribution in [0.3, 0.4) is 0 Å². The summed E-state index contributed by atoms with van der Waals surface area (Å²) in [5, 5.41) is 3.51. The van der Waals surface area contributed by atoms with Crippen molar-refractivity contribution < 1.29 is 4.79 Å².